The summed E-state index contributed by atoms with van der Waals surface area (Å²) in [5.41, 5.74) is 7.38. The lowest BCUT2D eigenvalue weighted by Gasteiger charge is -2.26. The maximum atomic E-state index is 9.46. The second-order valence-corrected chi connectivity index (χ2v) is 5.22. The Kier molecular flexibility index (Phi) is 4.00. The van der Waals surface area contributed by atoms with E-state index in [1.54, 1.807) is 0 Å². The third-order valence-corrected chi connectivity index (χ3v) is 3.69. The SMILES string of the molecule is CC(C)C(CO)C(N)c1ccc2ccccc2c1. The first-order valence-corrected chi connectivity index (χ1v) is 6.48. The monoisotopic (exact) mass is 243 g/mol. The van der Waals surface area contributed by atoms with Gasteiger partial charge in [-0.05, 0) is 28.3 Å². The molecule has 2 heteroatoms. The van der Waals surface area contributed by atoms with Crippen molar-refractivity contribution in [3.63, 3.8) is 0 Å². The number of aliphatic hydroxyl groups excluding tert-OH is 1. The molecule has 0 saturated heterocycles. The van der Waals surface area contributed by atoms with Gasteiger partial charge in [0.15, 0.2) is 0 Å². The van der Waals surface area contributed by atoms with Gasteiger partial charge in [0.2, 0.25) is 0 Å². The lowest BCUT2D eigenvalue weighted by Crippen LogP contribution is -2.28. The molecule has 2 unspecified atom stereocenters. The minimum absolute atomic E-state index is 0.103. The van der Waals surface area contributed by atoms with E-state index in [1.165, 1.54) is 10.8 Å². The van der Waals surface area contributed by atoms with E-state index in [4.69, 9.17) is 5.73 Å². The molecule has 0 fully saturated rings. The fraction of sp³-hybridized carbons (Fsp3) is 0.375. The third kappa shape index (κ3) is 2.55. The zero-order valence-electron chi connectivity index (χ0n) is 11.0. The van der Waals surface area contributed by atoms with Crippen molar-refractivity contribution in [3.05, 3.63) is 48.0 Å². The van der Waals surface area contributed by atoms with Crippen LogP contribution in [0.4, 0.5) is 0 Å². The molecular weight excluding hydrogens is 222 g/mol. The van der Waals surface area contributed by atoms with Gasteiger partial charge in [0, 0.05) is 18.6 Å². The molecule has 2 nitrogen and oxygen atoms in total. The normalized spacial score (nSPS) is 14.9. The summed E-state index contributed by atoms with van der Waals surface area (Å²) >= 11 is 0. The summed E-state index contributed by atoms with van der Waals surface area (Å²) in [5.74, 6) is 0.475. The molecule has 96 valence electrons. The molecule has 0 amide bonds. The van der Waals surface area contributed by atoms with Crippen LogP contribution in [-0.2, 0) is 0 Å². The molecule has 0 saturated carbocycles. The Labute approximate surface area is 108 Å². The number of hydrogen-bond donors (Lipinski definition) is 2. The highest BCUT2D eigenvalue weighted by Crippen LogP contribution is 2.27. The summed E-state index contributed by atoms with van der Waals surface area (Å²) in [6.07, 6.45) is 0. The van der Waals surface area contributed by atoms with E-state index in [2.05, 4.69) is 44.2 Å². The van der Waals surface area contributed by atoms with E-state index in [-0.39, 0.29) is 18.6 Å². The van der Waals surface area contributed by atoms with Gasteiger partial charge in [-0.25, -0.2) is 0 Å². The van der Waals surface area contributed by atoms with Gasteiger partial charge in [0.1, 0.15) is 0 Å². The van der Waals surface area contributed by atoms with Gasteiger partial charge >= 0.3 is 0 Å². The maximum absolute atomic E-state index is 9.46. The van der Waals surface area contributed by atoms with Crippen molar-refractivity contribution in [2.24, 2.45) is 17.6 Å². The number of fused-ring (bicyclic) bond motifs is 1. The molecule has 0 aliphatic carbocycles. The van der Waals surface area contributed by atoms with Gasteiger partial charge < -0.3 is 10.8 Å². The lowest BCUT2D eigenvalue weighted by atomic mass is 9.85. The first-order chi connectivity index (χ1) is 8.63. The largest absolute Gasteiger partial charge is 0.396 e. The molecule has 0 aliphatic rings. The van der Waals surface area contributed by atoms with Crippen molar-refractivity contribution in [3.8, 4) is 0 Å². The van der Waals surface area contributed by atoms with E-state index in [1.807, 2.05) is 12.1 Å². The minimum atomic E-state index is -0.111. The van der Waals surface area contributed by atoms with Crippen LogP contribution in [0.2, 0.25) is 0 Å². The van der Waals surface area contributed by atoms with Crippen LogP contribution in [0.3, 0.4) is 0 Å². The third-order valence-electron chi connectivity index (χ3n) is 3.69. The smallest absolute Gasteiger partial charge is 0.0479 e. The Morgan fingerprint density at radius 3 is 2.33 bits per heavy atom. The second-order valence-electron chi connectivity index (χ2n) is 5.22. The molecule has 2 atom stereocenters. The van der Waals surface area contributed by atoms with E-state index in [0.717, 1.165) is 5.56 Å². The van der Waals surface area contributed by atoms with Gasteiger partial charge in [-0.3, -0.25) is 0 Å². The Hall–Kier alpha value is -1.38. The summed E-state index contributed by atoms with van der Waals surface area (Å²) in [5, 5.41) is 11.9. The zero-order chi connectivity index (χ0) is 13.1. The lowest BCUT2D eigenvalue weighted by molar-refractivity contribution is 0.166. The van der Waals surface area contributed by atoms with Gasteiger partial charge in [-0.2, -0.15) is 0 Å². The van der Waals surface area contributed by atoms with Crippen LogP contribution >= 0.6 is 0 Å². The Bertz CT molecular complexity index is 521. The standard InChI is InChI=1S/C16H21NO/c1-11(2)15(10-18)16(17)14-8-7-12-5-3-4-6-13(12)9-14/h3-9,11,15-16,18H,10,17H2,1-2H3. The first kappa shape index (κ1) is 13.1. The summed E-state index contributed by atoms with van der Waals surface area (Å²) < 4.78 is 0. The van der Waals surface area contributed by atoms with E-state index < -0.39 is 0 Å². The Morgan fingerprint density at radius 2 is 1.72 bits per heavy atom. The van der Waals surface area contributed by atoms with Crippen molar-refractivity contribution in [1.82, 2.24) is 0 Å². The second kappa shape index (κ2) is 5.51. The molecule has 0 spiro atoms. The summed E-state index contributed by atoms with van der Waals surface area (Å²) in [4.78, 5) is 0. The number of hydrogen-bond acceptors (Lipinski definition) is 2. The molecule has 2 aromatic carbocycles. The molecule has 0 heterocycles. The molecule has 0 radical (unpaired) electrons. The highest BCUT2D eigenvalue weighted by molar-refractivity contribution is 5.83. The van der Waals surface area contributed by atoms with Crippen molar-refractivity contribution >= 4 is 10.8 Å². The van der Waals surface area contributed by atoms with Crippen LogP contribution in [0.1, 0.15) is 25.5 Å². The predicted octanol–water partition coefficient (Wildman–Crippen LogP) is 3.10. The first-order valence-electron chi connectivity index (χ1n) is 6.48. The minimum Gasteiger partial charge on any atom is -0.396 e. The topological polar surface area (TPSA) is 46.2 Å². The zero-order valence-corrected chi connectivity index (χ0v) is 11.0. The molecular formula is C16H21NO. The number of nitrogens with two attached hydrogens (primary N) is 1. The molecule has 2 rings (SSSR count). The molecule has 0 aliphatic heterocycles. The van der Waals surface area contributed by atoms with E-state index in [0.29, 0.717) is 5.92 Å². The van der Waals surface area contributed by atoms with Gasteiger partial charge in [0.05, 0.1) is 0 Å². The molecule has 3 N–H and O–H groups in total. The molecule has 0 aromatic heterocycles. The van der Waals surface area contributed by atoms with Gasteiger partial charge in [0.25, 0.3) is 0 Å². The molecule has 0 bridgehead atoms. The fourth-order valence-corrected chi connectivity index (χ4v) is 2.40. The summed E-state index contributed by atoms with van der Waals surface area (Å²) in [7, 11) is 0. The van der Waals surface area contributed by atoms with Crippen LogP contribution < -0.4 is 5.73 Å². The van der Waals surface area contributed by atoms with Gasteiger partial charge in [-0.1, -0.05) is 50.2 Å². The highest BCUT2D eigenvalue weighted by atomic mass is 16.3. The maximum Gasteiger partial charge on any atom is 0.0479 e. The number of aliphatic hydroxyl groups is 1. The van der Waals surface area contributed by atoms with Crippen molar-refractivity contribution in [1.29, 1.82) is 0 Å². The number of rotatable bonds is 4. The Morgan fingerprint density at radius 1 is 1.06 bits per heavy atom. The van der Waals surface area contributed by atoms with Crippen molar-refractivity contribution in [2.45, 2.75) is 19.9 Å². The highest BCUT2D eigenvalue weighted by Gasteiger charge is 2.22. The van der Waals surface area contributed by atoms with Gasteiger partial charge in [-0.15, -0.1) is 0 Å². The van der Waals surface area contributed by atoms with E-state index in [9.17, 15) is 5.11 Å². The van der Waals surface area contributed by atoms with Crippen molar-refractivity contribution < 1.29 is 5.11 Å². The molecule has 2 aromatic rings. The quantitative estimate of drug-likeness (QED) is 0.866. The average Bonchev–Trinajstić information content (AvgIpc) is 2.38. The number of benzene rings is 2. The fourth-order valence-electron chi connectivity index (χ4n) is 2.40. The van der Waals surface area contributed by atoms with Crippen LogP contribution in [0.5, 0.6) is 0 Å². The van der Waals surface area contributed by atoms with Crippen molar-refractivity contribution in [2.75, 3.05) is 6.61 Å². The summed E-state index contributed by atoms with van der Waals surface area (Å²) in [6.45, 7) is 4.33. The van der Waals surface area contributed by atoms with Crippen LogP contribution in [0.25, 0.3) is 10.8 Å². The van der Waals surface area contributed by atoms with Crippen LogP contribution in [0.15, 0.2) is 42.5 Å². The summed E-state index contributed by atoms with van der Waals surface area (Å²) in [6, 6.07) is 14.4. The van der Waals surface area contributed by atoms with E-state index >= 15 is 0 Å². The van der Waals surface area contributed by atoms with Crippen LogP contribution in [-0.4, -0.2) is 11.7 Å². The predicted molar refractivity (Wildman–Crippen MR) is 76.3 cm³/mol. The Balaban J connectivity index is 2.35. The average molecular weight is 243 g/mol. The molecule has 18 heavy (non-hydrogen) atoms. The van der Waals surface area contributed by atoms with Crippen LogP contribution in [0, 0.1) is 11.8 Å².